The average Bonchev–Trinajstić information content (AvgIpc) is 3.35. The summed E-state index contributed by atoms with van der Waals surface area (Å²) >= 11 is 0. The fourth-order valence-electron chi connectivity index (χ4n) is 2.87. The monoisotopic (exact) mass is 482 g/mol. The summed E-state index contributed by atoms with van der Waals surface area (Å²) in [5, 5.41) is 9.09. The number of nitrogen functional groups attached to an aromatic ring is 2. The fraction of sp³-hybridized carbons (Fsp3) is 0.500. The van der Waals surface area contributed by atoms with Crippen LogP contribution in [0.5, 0.6) is 0 Å². The van der Waals surface area contributed by atoms with E-state index in [9.17, 15) is 4.79 Å². The van der Waals surface area contributed by atoms with Crippen LogP contribution < -0.4 is 30.3 Å². The van der Waals surface area contributed by atoms with Crippen molar-refractivity contribution in [3.05, 3.63) is 59.7 Å². The van der Waals surface area contributed by atoms with Gasteiger partial charge in [0.2, 0.25) is 0 Å². The number of carbonyl (C=O) groups is 1. The van der Waals surface area contributed by atoms with E-state index in [4.69, 9.17) is 26.0 Å². The molecule has 2 aromatic carbocycles. The molecule has 1 heterocycles. The third-order valence-electron chi connectivity index (χ3n) is 5.33. The Balaban J connectivity index is -0.000000460. The molecule has 186 valence electrons. The summed E-state index contributed by atoms with van der Waals surface area (Å²) in [6, 6.07) is 14.9. The van der Waals surface area contributed by atoms with Crippen LogP contribution >= 0.6 is 0 Å². The van der Waals surface area contributed by atoms with Crippen molar-refractivity contribution in [3.8, 4) is 0 Å². The van der Waals surface area contributed by atoms with Gasteiger partial charge in [0.15, 0.2) is 17.4 Å². The third-order valence-corrected chi connectivity index (χ3v) is 5.33. The molecule has 0 spiro atoms. The van der Waals surface area contributed by atoms with Gasteiger partial charge in [-0.2, -0.15) is 0 Å². The normalized spacial score (nSPS) is 12.5. The van der Waals surface area contributed by atoms with Crippen molar-refractivity contribution in [2.75, 3.05) is 37.9 Å². The fourth-order valence-corrected chi connectivity index (χ4v) is 2.87. The van der Waals surface area contributed by atoms with E-state index in [0.717, 1.165) is 30.0 Å². The number of rotatable bonds is 5. The maximum absolute atomic E-state index is 11.7. The molecule has 1 saturated heterocycles. The summed E-state index contributed by atoms with van der Waals surface area (Å²) in [6.07, 6.45) is 2.56. The summed E-state index contributed by atoms with van der Waals surface area (Å²) in [4.78, 5) is 11.7. The minimum absolute atomic E-state index is 0. The van der Waals surface area contributed by atoms with Crippen molar-refractivity contribution in [3.63, 3.8) is 0 Å². The van der Waals surface area contributed by atoms with E-state index in [0.29, 0.717) is 12.3 Å². The van der Waals surface area contributed by atoms with Gasteiger partial charge in [-0.05, 0) is 69.0 Å². The molecule has 34 heavy (non-hydrogen) atoms. The van der Waals surface area contributed by atoms with Crippen LogP contribution in [0.1, 0.15) is 60.0 Å². The number of aliphatic hydroxyl groups is 1. The first-order chi connectivity index (χ1) is 15.0. The van der Waals surface area contributed by atoms with Crippen LogP contribution in [0.15, 0.2) is 48.5 Å². The summed E-state index contributed by atoms with van der Waals surface area (Å²) in [7, 11) is 0. The zero-order chi connectivity index (χ0) is 24.2. The zero-order valence-electron chi connectivity index (χ0n) is 22.2. The Morgan fingerprint density at radius 3 is 1.68 bits per heavy atom. The average molecular weight is 483 g/mol. The van der Waals surface area contributed by atoms with E-state index in [1.54, 1.807) is 19.1 Å². The van der Waals surface area contributed by atoms with Crippen molar-refractivity contribution in [2.24, 2.45) is 0 Å². The van der Waals surface area contributed by atoms with Crippen LogP contribution in [0.2, 0.25) is 0 Å². The molecule has 0 amide bonds. The van der Waals surface area contributed by atoms with E-state index < -0.39 is 5.41 Å². The number of esters is 1. The van der Waals surface area contributed by atoms with Crippen LogP contribution in [0, 0.1) is 0 Å². The Morgan fingerprint density at radius 1 is 0.941 bits per heavy atom. The van der Waals surface area contributed by atoms with Gasteiger partial charge in [0.1, 0.15) is 0 Å². The zero-order valence-corrected chi connectivity index (χ0v) is 21.2. The number of hydrogen-bond acceptors (Lipinski definition) is 6. The van der Waals surface area contributed by atoms with Crippen LogP contribution in [0.3, 0.4) is 0 Å². The SMILES string of the molecule is C1CCOC1.CC(C)(CO)c1ccc(N)cc1.CCOC(=O)C(C)(C)c1ccc(N)cc1.[AlH3].[H-].[Li+]. The maximum Gasteiger partial charge on any atom is 1.00 e. The second-order valence-electron chi connectivity index (χ2n) is 8.95. The predicted octanol–water partition coefficient (Wildman–Crippen LogP) is 0.378. The van der Waals surface area contributed by atoms with Gasteiger partial charge in [-0.15, -0.1) is 0 Å². The molecule has 1 aliphatic heterocycles. The number of carbonyl (C=O) groups excluding carboxylic acids is 1. The topological polar surface area (TPSA) is 108 Å². The van der Waals surface area contributed by atoms with Crippen LogP contribution in [0.4, 0.5) is 11.4 Å². The molecule has 0 atom stereocenters. The summed E-state index contributed by atoms with van der Waals surface area (Å²) < 4.78 is 9.97. The first kappa shape index (κ1) is 34.7. The first-order valence-electron chi connectivity index (χ1n) is 11.1. The third kappa shape index (κ3) is 11.8. The number of ether oxygens (including phenoxy) is 2. The minimum atomic E-state index is -0.621. The quantitative estimate of drug-likeness (QED) is 0.323. The van der Waals surface area contributed by atoms with E-state index in [1.807, 2.05) is 64.1 Å². The van der Waals surface area contributed by atoms with Gasteiger partial charge in [0.25, 0.3) is 0 Å². The van der Waals surface area contributed by atoms with E-state index in [-0.39, 0.29) is 55.6 Å². The molecular weight excluding hydrogens is 438 g/mol. The van der Waals surface area contributed by atoms with Gasteiger partial charge in [-0.1, -0.05) is 38.1 Å². The van der Waals surface area contributed by atoms with Gasteiger partial charge in [0.05, 0.1) is 18.6 Å². The molecule has 0 unspecified atom stereocenters. The van der Waals surface area contributed by atoms with Crippen LogP contribution in [-0.2, 0) is 25.1 Å². The Kier molecular flexibility index (Phi) is 17.4. The number of aliphatic hydroxyl groups excluding tert-OH is 1. The molecule has 5 N–H and O–H groups in total. The van der Waals surface area contributed by atoms with Crippen molar-refractivity contribution >= 4 is 34.7 Å². The summed E-state index contributed by atoms with van der Waals surface area (Å²) in [5.74, 6) is -0.213. The Labute approximate surface area is 229 Å². The molecule has 3 rings (SSSR count). The maximum atomic E-state index is 11.7. The molecular formula is C26H44AlLiN2O4. The van der Waals surface area contributed by atoms with Crippen molar-refractivity contribution in [2.45, 2.75) is 58.3 Å². The van der Waals surface area contributed by atoms with Gasteiger partial charge >= 0.3 is 24.8 Å². The van der Waals surface area contributed by atoms with Crippen LogP contribution in [0.25, 0.3) is 0 Å². The van der Waals surface area contributed by atoms with E-state index in [2.05, 4.69) is 0 Å². The van der Waals surface area contributed by atoms with Gasteiger partial charge in [-0.25, -0.2) is 0 Å². The number of anilines is 2. The second-order valence-corrected chi connectivity index (χ2v) is 8.95. The largest absolute Gasteiger partial charge is 1.00 e. The molecule has 0 aliphatic carbocycles. The summed E-state index contributed by atoms with van der Waals surface area (Å²) in [6.45, 7) is 12.0. The summed E-state index contributed by atoms with van der Waals surface area (Å²) in [5.41, 5.74) is 13.8. The van der Waals surface area contributed by atoms with Crippen LogP contribution in [-0.4, -0.2) is 54.9 Å². The standard InChI is InChI=1S/C12H17NO2.C10H15NO.C4H8O.Al.Li.4H/c1-4-15-11(14)12(2,3)9-5-7-10(13)8-6-9;1-10(2,7-12)8-3-5-9(11)6-4-8;1-2-4-5-3-1;;;;;;/h5-8H,4,13H2,1-3H3;3-6,12H,7,11H2,1-2H3;1-4H2;;;;;;/q;;;;+1;;;;-1. The molecule has 1 fully saturated rings. The molecule has 0 aromatic heterocycles. The molecule has 2 aromatic rings. The second kappa shape index (κ2) is 17.1. The van der Waals surface area contributed by atoms with Crippen molar-refractivity contribution in [1.82, 2.24) is 0 Å². The predicted molar refractivity (Wildman–Crippen MR) is 143 cm³/mol. The molecule has 1 aliphatic rings. The molecule has 0 radical (unpaired) electrons. The Hall–Kier alpha value is -1.44. The molecule has 6 nitrogen and oxygen atoms in total. The Bertz CT molecular complexity index is 807. The van der Waals surface area contributed by atoms with Gasteiger partial charge < -0.3 is 27.5 Å². The number of benzene rings is 2. The molecule has 0 saturated carbocycles. The van der Waals surface area contributed by atoms with Crippen molar-refractivity contribution in [1.29, 1.82) is 0 Å². The van der Waals surface area contributed by atoms with E-state index in [1.165, 1.54) is 12.8 Å². The molecule has 8 heteroatoms. The smallest absolute Gasteiger partial charge is 1.00 e. The molecule has 0 bridgehead atoms. The van der Waals surface area contributed by atoms with Gasteiger partial charge in [0, 0.05) is 30.0 Å². The number of nitrogens with two attached hydrogens (primary N) is 2. The Morgan fingerprint density at radius 2 is 1.35 bits per heavy atom. The van der Waals surface area contributed by atoms with Gasteiger partial charge in [-0.3, -0.25) is 4.79 Å². The van der Waals surface area contributed by atoms with Crippen molar-refractivity contribution < 1.29 is 39.7 Å². The first-order valence-corrected chi connectivity index (χ1v) is 11.1. The number of hydrogen-bond donors (Lipinski definition) is 3. The van der Waals surface area contributed by atoms with E-state index >= 15 is 0 Å². The minimum Gasteiger partial charge on any atom is -1.00 e.